The average Bonchev–Trinajstić information content (AvgIpc) is 3.32. The third-order valence-corrected chi connectivity index (χ3v) is 11.3. The topological polar surface area (TPSA) is 481 Å². The number of carboxylic acids is 2. The van der Waals surface area contributed by atoms with Crippen molar-refractivity contribution in [3.8, 4) is 0 Å². The molecule has 0 saturated carbocycles. The van der Waals surface area contributed by atoms with E-state index in [0.29, 0.717) is 12.0 Å². The van der Waals surface area contributed by atoms with Crippen LogP contribution in [-0.4, -0.2) is 165 Å². The number of aliphatic imine (C=N–C) groups is 1. The number of hydrogen-bond acceptors (Lipinski definition) is 15. The minimum atomic E-state index is -1.97. The van der Waals surface area contributed by atoms with Crippen LogP contribution in [0.5, 0.6) is 0 Å². The lowest BCUT2D eigenvalue weighted by Crippen LogP contribution is -2.62. The van der Waals surface area contributed by atoms with Gasteiger partial charge < -0.3 is 85.9 Å². The summed E-state index contributed by atoms with van der Waals surface area (Å²) < 4.78 is 0. The number of amides is 9. The normalized spacial score (nSPS) is 15.5. The highest BCUT2D eigenvalue weighted by atomic mass is 16.4. The second kappa shape index (κ2) is 32.6. The Balaban J connectivity index is 3.44. The number of benzene rings is 1. The zero-order valence-electron chi connectivity index (χ0n) is 42.4. The summed E-state index contributed by atoms with van der Waals surface area (Å²) >= 11 is 0. The van der Waals surface area contributed by atoms with Crippen LogP contribution < -0.4 is 65.5 Å². The number of guanidine groups is 1. The van der Waals surface area contributed by atoms with Crippen molar-refractivity contribution < 1.29 is 73.2 Å². The Morgan fingerprint density at radius 1 is 0.608 bits per heavy atom. The molecular formula is C46H75N13O15. The molecule has 0 aromatic heterocycles. The van der Waals surface area contributed by atoms with E-state index in [0.717, 1.165) is 6.92 Å². The highest BCUT2D eigenvalue weighted by Gasteiger charge is 2.37. The molecule has 20 N–H and O–H groups in total. The van der Waals surface area contributed by atoms with Crippen LogP contribution in [0.2, 0.25) is 0 Å². The first-order valence-corrected chi connectivity index (χ1v) is 23.9. The van der Waals surface area contributed by atoms with Crippen LogP contribution >= 0.6 is 0 Å². The Labute approximate surface area is 428 Å². The first kappa shape index (κ1) is 64.6. The van der Waals surface area contributed by atoms with E-state index in [1.165, 1.54) is 6.92 Å². The SMILES string of the molecule is CC[C@H](C)[C@H](NC(=O)[C@@H](N)CO)C(=O)N[C@@H](CC(C)C)C(=O)N[C@@H](CCCN=C(N)N)C(=O)N[C@@H](CC(N)=O)C(=O)N[C@H](C(=O)N[C@@H](CCC(=O)O)C(=O)N[C@@H](C)C(=O)N[C@@H](Cc1ccccc1)C(=O)O)[C@@H](C)O. The number of aliphatic hydroxyl groups excluding tert-OH is 2. The second-order valence-corrected chi connectivity index (χ2v) is 18.1. The van der Waals surface area contributed by atoms with Gasteiger partial charge in [-0.2, -0.15) is 0 Å². The predicted molar refractivity (Wildman–Crippen MR) is 265 cm³/mol. The molecule has 0 heterocycles. The van der Waals surface area contributed by atoms with Gasteiger partial charge in [0.25, 0.3) is 0 Å². The number of rotatable bonds is 34. The lowest BCUT2D eigenvalue weighted by Gasteiger charge is -2.29. The Bertz CT molecular complexity index is 2120. The number of nitrogens with one attached hydrogen (secondary N) is 8. The molecule has 0 radical (unpaired) electrons. The molecule has 0 fully saturated rings. The quantitative estimate of drug-likeness (QED) is 0.0174. The minimum absolute atomic E-state index is 0.0162. The van der Waals surface area contributed by atoms with Gasteiger partial charge in [-0.1, -0.05) is 64.4 Å². The van der Waals surface area contributed by atoms with Gasteiger partial charge in [-0.25, -0.2) is 4.79 Å². The van der Waals surface area contributed by atoms with E-state index >= 15 is 0 Å². The third-order valence-electron chi connectivity index (χ3n) is 11.3. The van der Waals surface area contributed by atoms with Crippen LogP contribution in [0, 0.1) is 11.8 Å². The summed E-state index contributed by atoms with van der Waals surface area (Å²) in [6, 6.07) is -5.52. The van der Waals surface area contributed by atoms with Crippen molar-refractivity contribution in [2.24, 2.45) is 39.8 Å². The van der Waals surface area contributed by atoms with Crippen molar-refractivity contribution in [1.82, 2.24) is 42.5 Å². The molecule has 0 unspecified atom stereocenters. The van der Waals surface area contributed by atoms with Gasteiger partial charge in [0.05, 0.1) is 19.1 Å². The summed E-state index contributed by atoms with van der Waals surface area (Å²) in [6.07, 6.45) is -3.84. The molecule has 414 valence electrons. The molecule has 28 heteroatoms. The van der Waals surface area contributed by atoms with Gasteiger partial charge in [0, 0.05) is 19.4 Å². The molecule has 28 nitrogen and oxygen atoms in total. The van der Waals surface area contributed by atoms with E-state index < -0.39 is 157 Å². The maximum absolute atomic E-state index is 14.0. The number of nitrogens with two attached hydrogens (primary N) is 4. The molecule has 9 amide bonds. The van der Waals surface area contributed by atoms with Crippen molar-refractivity contribution in [2.45, 2.75) is 153 Å². The van der Waals surface area contributed by atoms with E-state index in [4.69, 9.17) is 22.9 Å². The van der Waals surface area contributed by atoms with Crippen LogP contribution in [0.15, 0.2) is 35.3 Å². The van der Waals surface area contributed by atoms with Gasteiger partial charge in [-0.05, 0) is 56.9 Å². The molecule has 74 heavy (non-hydrogen) atoms. The van der Waals surface area contributed by atoms with E-state index in [1.54, 1.807) is 58.0 Å². The van der Waals surface area contributed by atoms with Crippen molar-refractivity contribution in [3.63, 3.8) is 0 Å². The number of carbonyl (C=O) groups excluding carboxylic acids is 9. The average molecular weight is 1050 g/mol. The molecule has 0 bridgehead atoms. The molecule has 1 aromatic rings. The van der Waals surface area contributed by atoms with Gasteiger partial charge in [-0.15, -0.1) is 0 Å². The summed E-state index contributed by atoms with van der Waals surface area (Å²) in [5.41, 5.74) is 22.6. The molecule has 0 saturated heterocycles. The first-order valence-electron chi connectivity index (χ1n) is 23.9. The van der Waals surface area contributed by atoms with Crippen LogP contribution in [0.4, 0.5) is 0 Å². The van der Waals surface area contributed by atoms with Gasteiger partial charge in [0.2, 0.25) is 53.2 Å². The van der Waals surface area contributed by atoms with Gasteiger partial charge in [0.15, 0.2) is 5.96 Å². The largest absolute Gasteiger partial charge is 0.481 e. The molecule has 0 spiro atoms. The van der Waals surface area contributed by atoms with Gasteiger partial charge >= 0.3 is 11.9 Å². The summed E-state index contributed by atoms with van der Waals surface area (Å²) in [6.45, 7) is 8.40. The Morgan fingerprint density at radius 2 is 1.11 bits per heavy atom. The second-order valence-electron chi connectivity index (χ2n) is 18.1. The highest BCUT2D eigenvalue weighted by Crippen LogP contribution is 2.13. The van der Waals surface area contributed by atoms with Crippen LogP contribution in [0.1, 0.15) is 92.1 Å². The summed E-state index contributed by atoms with van der Waals surface area (Å²) in [5, 5.41) is 58.1. The number of aliphatic carboxylic acids is 2. The standard InChI is InChI=1S/C46H75N13O15/c1-7-23(4)35(58-38(66)27(47)21-60)43(71)56-30(18-22(2)3)41(69)53-28(14-11-17-51-46(49)50)40(68)55-31(20-33(48)62)42(70)59-36(25(6)61)44(72)54-29(15-16-34(63)64)39(67)52-24(5)37(65)57-32(45(73)74)19-26-12-9-8-10-13-26/h8-10,12-13,22-25,27-32,35-36,60-61H,7,11,14-21,47H2,1-6H3,(H2,48,62)(H,52,67)(H,53,69)(H,54,72)(H,55,68)(H,56,71)(H,57,65)(H,58,66)(H,59,70)(H,63,64)(H,73,74)(H4,49,50,51)/t23-,24-,25+,27-,28-,29-,30-,31-,32-,35-,36-/m0/s1. The molecule has 1 rings (SSSR count). The summed E-state index contributed by atoms with van der Waals surface area (Å²) in [7, 11) is 0. The number of carbonyl (C=O) groups is 11. The van der Waals surface area contributed by atoms with Crippen molar-refractivity contribution in [3.05, 3.63) is 35.9 Å². The van der Waals surface area contributed by atoms with Gasteiger partial charge in [-0.3, -0.25) is 52.9 Å². The number of hydrogen-bond donors (Lipinski definition) is 16. The van der Waals surface area contributed by atoms with Gasteiger partial charge in [0.1, 0.15) is 54.4 Å². The third kappa shape index (κ3) is 23.8. The number of aliphatic hydroxyl groups is 2. The fourth-order valence-corrected chi connectivity index (χ4v) is 6.92. The van der Waals surface area contributed by atoms with E-state index in [-0.39, 0.29) is 44.1 Å². The maximum atomic E-state index is 14.0. The number of carboxylic acid groups (broad SMARTS) is 2. The number of primary amides is 1. The van der Waals surface area contributed by atoms with E-state index in [1.807, 2.05) is 0 Å². The van der Waals surface area contributed by atoms with Crippen molar-refractivity contribution >= 4 is 71.1 Å². The van der Waals surface area contributed by atoms with Crippen LogP contribution in [-0.2, 0) is 59.2 Å². The highest BCUT2D eigenvalue weighted by molar-refractivity contribution is 5.99. The predicted octanol–water partition coefficient (Wildman–Crippen LogP) is -5.20. The zero-order chi connectivity index (χ0) is 56.4. The molecule has 0 aliphatic rings. The maximum Gasteiger partial charge on any atom is 0.326 e. The Morgan fingerprint density at radius 3 is 1.64 bits per heavy atom. The van der Waals surface area contributed by atoms with Crippen molar-refractivity contribution in [1.29, 1.82) is 0 Å². The molecule has 1 aromatic carbocycles. The number of nitrogens with zero attached hydrogens (tertiary/aromatic N) is 1. The molecule has 11 atom stereocenters. The molecular weight excluding hydrogens is 975 g/mol. The summed E-state index contributed by atoms with van der Waals surface area (Å²) in [5.74, 6) is -13.1. The zero-order valence-corrected chi connectivity index (χ0v) is 42.4. The lowest BCUT2D eigenvalue weighted by atomic mass is 9.96. The fourth-order valence-electron chi connectivity index (χ4n) is 6.92. The van der Waals surface area contributed by atoms with Crippen LogP contribution in [0.3, 0.4) is 0 Å². The van der Waals surface area contributed by atoms with E-state index in [2.05, 4.69) is 47.5 Å². The Hall–Kier alpha value is -7.46. The monoisotopic (exact) mass is 1050 g/mol. The minimum Gasteiger partial charge on any atom is -0.481 e. The Kier molecular flexibility index (Phi) is 28.4. The van der Waals surface area contributed by atoms with E-state index in [9.17, 15) is 73.2 Å². The fraction of sp³-hybridized carbons (Fsp3) is 0.609. The summed E-state index contributed by atoms with van der Waals surface area (Å²) in [4.78, 5) is 148. The smallest absolute Gasteiger partial charge is 0.326 e. The molecule has 0 aliphatic carbocycles. The molecule has 0 aliphatic heterocycles. The van der Waals surface area contributed by atoms with Crippen molar-refractivity contribution in [2.75, 3.05) is 13.2 Å². The lowest BCUT2D eigenvalue weighted by molar-refractivity contribution is -0.142. The first-order chi connectivity index (χ1) is 34.6. The van der Waals surface area contributed by atoms with Crippen LogP contribution in [0.25, 0.3) is 0 Å².